The fourth-order valence-electron chi connectivity index (χ4n) is 2.48. The third-order valence-electron chi connectivity index (χ3n) is 3.90. The number of rotatable bonds is 7. The van der Waals surface area contributed by atoms with Crippen molar-refractivity contribution in [2.24, 2.45) is 0 Å². The van der Waals surface area contributed by atoms with E-state index in [1.807, 2.05) is 66.8 Å². The summed E-state index contributed by atoms with van der Waals surface area (Å²) in [5.74, 6) is 0.661. The standard InChI is InChI=1S/C23H19FN2OS/c1-17(16-25)5-3-2-4-6-18-7-9-19(10-8-18)23-26-21-12-11-20(27-14-13-24)15-22(21)28-23/h2-12,15H,13-14H2,1H3/b3-2+,6-4+,17-5+. The van der Waals surface area contributed by atoms with Crippen LogP contribution in [0, 0.1) is 11.3 Å². The van der Waals surface area contributed by atoms with Crippen molar-refractivity contribution in [2.45, 2.75) is 6.92 Å². The zero-order chi connectivity index (χ0) is 19.8. The lowest BCUT2D eigenvalue weighted by Gasteiger charge is -2.01. The van der Waals surface area contributed by atoms with Crippen LogP contribution in [0.15, 0.2) is 72.3 Å². The number of aromatic nitrogens is 1. The summed E-state index contributed by atoms with van der Waals surface area (Å²) in [5, 5.41) is 9.62. The average molecular weight is 390 g/mol. The fourth-order valence-corrected chi connectivity index (χ4v) is 3.48. The number of nitrogens with zero attached hydrogens (tertiary/aromatic N) is 2. The Morgan fingerprint density at radius 1 is 1.18 bits per heavy atom. The van der Waals surface area contributed by atoms with Crippen molar-refractivity contribution in [2.75, 3.05) is 13.3 Å². The third kappa shape index (κ3) is 5.15. The second kappa shape index (κ2) is 9.63. The van der Waals surface area contributed by atoms with Gasteiger partial charge in [-0.15, -0.1) is 11.3 Å². The van der Waals surface area contributed by atoms with E-state index < -0.39 is 6.67 Å². The minimum absolute atomic E-state index is 0.0650. The molecule has 1 aromatic heterocycles. The summed E-state index contributed by atoms with van der Waals surface area (Å²) in [7, 11) is 0. The van der Waals surface area contributed by atoms with Crippen molar-refractivity contribution < 1.29 is 9.13 Å². The Bertz CT molecular complexity index is 1070. The summed E-state index contributed by atoms with van der Waals surface area (Å²) >= 11 is 1.59. The Morgan fingerprint density at radius 3 is 2.75 bits per heavy atom. The molecule has 140 valence electrons. The van der Waals surface area contributed by atoms with Crippen LogP contribution in [-0.2, 0) is 0 Å². The number of benzene rings is 2. The van der Waals surface area contributed by atoms with E-state index >= 15 is 0 Å². The van der Waals surface area contributed by atoms with Crippen LogP contribution in [0.25, 0.3) is 26.9 Å². The normalized spacial score (nSPS) is 12.1. The van der Waals surface area contributed by atoms with Gasteiger partial charge in [-0.3, -0.25) is 0 Å². The molecule has 0 unspecified atom stereocenters. The van der Waals surface area contributed by atoms with Crippen molar-refractivity contribution in [1.82, 2.24) is 4.98 Å². The Balaban J connectivity index is 1.71. The summed E-state index contributed by atoms with van der Waals surface area (Å²) in [4.78, 5) is 4.67. The zero-order valence-corrected chi connectivity index (χ0v) is 16.2. The highest BCUT2D eigenvalue weighted by Crippen LogP contribution is 2.32. The molecule has 0 fully saturated rings. The lowest BCUT2D eigenvalue weighted by atomic mass is 10.1. The molecule has 2 aromatic carbocycles. The number of alkyl halides is 1. The van der Waals surface area contributed by atoms with Crippen molar-refractivity contribution in [1.29, 1.82) is 5.26 Å². The van der Waals surface area contributed by atoms with Gasteiger partial charge in [-0.2, -0.15) is 5.26 Å². The molecule has 0 saturated heterocycles. The van der Waals surface area contributed by atoms with Gasteiger partial charge in [0.2, 0.25) is 0 Å². The molecule has 3 nitrogen and oxygen atoms in total. The van der Waals surface area contributed by atoms with Gasteiger partial charge in [0.05, 0.1) is 16.3 Å². The van der Waals surface area contributed by atoms with Gasteiger partial charge >= 0.3 is 0 Å². The van der Waals surface area contributed by atoms with Crippen molar-refractivity contribution in [3.63, 3.8) is 0 Å². The first-order chi connectivity index (χ1) is 13.7. The maximum Gasteiger partial charge on any atom is 0.124 e. The van der Waals surface area contributed by atoms with Gasteiger partial charge in [0.1, 0.15) is 24.0 Å². The van der Waals surface area contributed by atoms with Crippen LogP contribution in [-0.4, -0.2) is 18.3 Å². The lowest BCUT2D eigenvalue weighted by Crippen LogP contribution is -1.97. The summed E-state index contributed by atoms with van der Waals surface area (Å²) in [5.41, 5.74) is 3.71. The fraction of sp³-hybridized carbons (Fsp3) is 0.130. The molecular weight excluding hydrogens is 371 g/mol. The van der Waals surface area contributed by atoms with Crippen molar-refractivity contribution in [3.05, 3.63) is 77.9 Å². The Kier molecular flexibility index (Phi) is 6.72. The Labute approximate surface area is 167 Å². The number of thiazole rings is 1. The van der Waals surface area contributed by atoms with Gasteiger partial charge in [-0.05, 0) is 36.8 Å². The molecule has 1 heterocycles. The molecule has 5 heteroatoms. The van der Waals surface area contributed by atoms with Crippen LogP contribution in [0.4, 0.5) is 4.39 Å². The average Bonchev–Trinajstić information content (AvgIpc) is 3.15. The topological polar surface area (TPSA) is 45.9 Å². The maximum absolute atomic E-state index is 12.3. The first kappa shape index (κ1) is 19.5. The number of hydrogen-bond donors (Lipinski definition) is 0. The maximum atomic E-state index is 12.3. The molecule has 28 heavy (non-hydrogen) atoms. The van der Waals surface area contributed by atoms with E-state index in [1.54, 1.807) is 24.3 Å². The minimum Gasteiger partial charge on any atom is -0.491 e. The molecule has 0 N–H and O–H groups in total. The first-order valence-corrected chi connectivity index (χ1v) is 9.63. The van der Waals surface area contributed by atoms with E-state index in [2.05, 4.69) is 11.1 Å². The van der Waals surface area contributed by atoms with Crippen LogP contribution in [0.1, 0.15) is 12.5 Å². The van der Waals surface area contributed by atoms with Gasteiger partial charge < -0.3 is 4.74 Å². The Morgan fingerprint density at radius 2 is 2.00 bits per heavy atom. The highest BCUT2D eigenvalue weighted by Gasteiger charge is 2.07. The van der Waals surface area contributed by atoms with E-state index in [0.29, 0.717) is 11.3 Å². The smallest absolute Gasteiger partial charge is 0.124 e. The molecule has 3 aromatic rings. The van der Waals surface area contributed by atoms with Crippen LogP contribution in [0.3, 0.4) is 0 Å². The third-order valence-corrected chi connectivity index (χ3v) is 4.96. The molecule has 0 aliphatic carbocycles. The molecule has 0 aliphatic heterocycles. The molecule has 0 aliphatic rings. The molecule has 3 rings (SSSR count). The molecule has 0 bridgehead atoms. The summed E-state index contributed by atoms with van der Waals surface area (Å²) in [6.45, 7) is 1.33. The van der Waals surface area contributed by atoms with Gasteiger partial charge in [-0.25, -0.2) is 9.37 Å². The van der Waals surface area contributed by atoms with E-state index in [0.717, 1.165) is 26.4 Å². The van der Waals surface area contributed by atoms with E-state index in [9.17, 15) is 4.39 Å². The SMILES string of the molecule is C\C(C#N)=C/C=C/C=C/c1ccc(-c2nc3ccc(OCCF)cc3s2)cc1. The van der Waals surface area contributed by atoms with Gasteiger partial charge in [0.15, 0.2) is 0 Å². The molecule has 0 saturated carbocycles. The largest absolute Gasteiger partial charge is 0.491 e. The van der Waals surface area contributed by atoms with E-state index in [4.69, 9.17) is 10.00 Å². The van der Waals surface area contributed by atoms with Gasteiger partial charge in [0, 0.05) is 11.1 Å². The zero-order valence-electron chi connectivity index (χ0n) is 15.4. The number of fused-ring (bicyclic) bond motifs is 1. The highest BCUT2D eigenvalue weighted by atomic mass is 32.1. The monoisotopic (exact) mass is 390 g/mol. The number of ether oxygens (including phenoxy) is 1. The second-order valence-corrected chi connectivity index (χ2v) is 7.04. The van der Waals surface area contributed by atoms with E-state index in [1.165, 1.54) is 0 Å². The highest BCUT2D eigenvalue weighted by molar-refractivity contribution is 7.21. The molecule has 0 radical (unpaired) electrons. The summed E-state index contributed by atoms with van der Waals surface area (Å²) in [6.07, 6.45) is 9.45. The molecule has 0 spiro atoms. The summed E-state index contributed by atoms with van der Waals surface area (Å²) in [6, 6.07) is 15.9. The second-order valence-electron chi connectivity index (χ2n) is 6.01. The lowest BCUT2D eigenvalue weighted by molar-refractivity contribution is 0.273. The minimum atomic E-state index is -0.501. The molecule has 0 amide bonds. The predicted molar refractivity (Wildman–Crippen MR) is 114 cm³/mol. The predicted octanol–water partition coefficient (Wildman–Crippen LogP) is 6.35. The van der Waals surface area contributed by atoms with Crippen LogP contribution >= 0.6 is 11.3 Å². The number of allylic oxidation sites excluding steroid dienone is 5. The number of hydrogen-bond acceptors (Lipinski definition) is 4. The van der Waals surface area contributed by atoms with Crippen LogP contribution < -0.4 is 4.74 Å². The van der Waals surface area contributed by atoms with E-state index in [-0.39, 0.29) is 6.61 Å². The Hall–Kier alpha value is -3.23. The number of halogens is 1. The van der Waals surface area contributed by atoms with Gasteiger partial charge in [0.25, 0.3) is 0 Å². The van der Waals surface area contributed by atoms with Crippen LogP contribution in [0.5, 0.6) is 5.75 Å². The quantitative estimate of drug-likeness (QED) is 0.349. The van der Waals surface area contributed by atoms with Crippen LogP contribution in [0.2, 0.25) is 0 Å². The molecule has 0 atom stereocenters. The van der Waals surface area contributed by atoms with Gasteiger partial charge in [-0.1, -0.05) is 48.6 Å². The summed E-state index contributed by atoms with van der Waals surface area (Å²) < 4.78 is 18.6. The number of nitriles is 1. The van der Waals surface area contributed by atoms with Crippen molar-refractivity contribution >= 4 is 27.6 Å². The first-order valence-electron chi connectivity index (χ1n) is 8.81. The molecular formula is C23H19FN2OS. The van der Waals surface area contributed by atoms with Crippen molar-refractivity contribution in [3.8, 4) is 22.4 Å².